The van der Waals surface area contributed by atoms with Gasteiger partial charge >= 0.3 is 27.2 Å². The quantitative estimate of drug-likeness (QED) is 0.172. The van der Waals surface area contributed by atoms with Gasteiger partial charge in [0.1, 0.15) is 5.95 Å². The number of para-hydroxylation sites is 1. The van der Waals surface area contributed by atoms with Gasteiger partial charge in [-0.2, -0.15) is 0 Å². The van der Waals surface area contributed by atoms with Gasteiger partial charge in [0.25, 0.3) is 3.58 Å². The average Bonchev–Trinajstić information content (AvgIpc) is 2.52. The number of methoxy groups -OCH3 is 2. The van der Waals surface area contributed by atoms with Crippen molar-refractivity contribution in [2.45, 2.75) is 19.8 Å². The molecule has 0 amide bonds. The maximum Gasteiger partial charge on any atom is 0.387 e. The molecule has 0 bridgehead atoms. The van der Waals surface area contributed by atoms with Crippen LogP contribution in [-0.2, 0) is 14.3 Å². The van der Waals surface area contributed by atoms with E-state index in [0.29, 0.717) is 12.4 Å². The number of carbonyl (C=O) groups is 1. The summed E-state index contributed by atoms with van der Waals surface area (Å²) in [6.45, 7) is 2.70. The smallest absolute Gasteiger partial charge is 0.387 e. The van der Waals surface area contributed by atoms with Crippen molar-refractivity contribution in [1.29, 1.82) is 0 Å². The molecule has 0 spiro atoms. The van der Waals surface area contributed by atoms with Crippen LogP contribution in [0.3, 0.4) is 0 Å². The first-order valence-corrected chi connectivity index (χ1v) is 8.70. The van der Waals surface area contributed by atoms with Crippen LogP contribution in [0.15, 0.2) is 33.8 Å². The van der Waals surface area contributed by atoms with Gasteiger partial charge in [-0.15, -0.1) is 0 Å². The lowest BCUT2D eigenvalue weighted by atomic mass is 10.3. The van der Waals surface area contributed by atoms with Gasteiger partial charge in [-0.1, -0.05) is 25.5 Å². The Bertz CT molecular complexity index is 499. The van der Waals surface area contributed by atoms with Gasteiger partial charge in [-0.05, 0) is 25.7 Å². The zero-order chi connectivity index (χ0) is 15.7. The highest BCUT2D eigenvalue weighted by Crippen LogP contribution is 2.10. The maximum atomic E-state index is 11.7. The highest BCUT2D eigenvalue weighted by Gasteiger charge is 2.32. The minimum absolute atomic E-state index is 0.0605. The zero-order valence-corrected chi connectivity index (χ0v) is 14.5. The van der Waals surface area contributed by atoms with Crippen LogP contribution in [0.2, 0.25) is 0 Å². The molecule has 0 atom stereocenters. The topological polar surface area (TPSA) is 67.8 Å². The number of ether oxygens (including phenoxy) is 3. The first-order chi connectivity index (χ1) is 10.1. The molecule has 1 rings (SSSR count). The summed E-state index contributed by atoms with van der Waals surface area (Å²) in [7, 11) is 2.50. The second-order valence-electron chi connectivity index (χ2n) is 4.02. The lowest BCUT2D eigenvalue weighted by Crippen LogP contribution is -3.61. The number of esters is 1. The second kappa shape index (κ2) is 9.49. The number of hydrogen-bond acceptors (Lipinski definition) is 5. The van der Waals surface area contributed by atoms with Gasteiger partial charge in [0.05, 0.1) is 13.7 Å². The molecule has 0 saturated heterocycles. The lowest BCUT2D eigenvalue weighted by molar-refractivity contribution is -0.583. The van der Waals surface area contributed by atoms with E-state index >= 15 is 0 Å². The van der Waals surface area contributed by atoms with Crippen molar-refractivity contribution in [3.63, 3.8) is 0 Å². The van der Waals surface area contributed by atoms with Crippen LogP contribution in [0, 0.1) is 3.57 Å². The summed E-state index contributed by atoms with van der Waals surface area (Å²) in [5.41, 5.74) is 0. The Kier molecular flexibility index (Phi) is 7.96. The molecule has 0 aliphatic rings. The van der Waals surface area contributed by atoms with Gasteiger partial charge in [0.2, 0.25) is 3.57 Å². The molecule has 0 aliphatic heterocycles. The Hall–Kier alpha value is -1.44. The molecule has 6 heteroatoms. The Morgan fingerprint density at radius 3 is 2.57 bits per heavy atom. The number of halogens is 1. The van der Waals surface area contributed by atoms with Crippen LogP contribution < -0.4 is 31.0 Å². The van der Waals surface area contributed by atoms with Crippen LogP contribution in [0.4, 0.5) is 0 Å². The third-order valence-corrected chi connectivity index (χ3v) is 5.41. The highest BCUT2D eigenvalue weighted by atomic mass is 127. The molecule has 21 heavy (non-hydrogen) atoms. The molecular formula is C15H19IO5. The van der Waals surface area contributed by atoms with E-state index in [4.69, 9.17) is 4.74 Å². The summed E-state index contributed by atoms with van der Waals surface area (Å²) in [4.78, 5) is 11.7. The molecule has 0 aliphatic carbocycles. The van der Waals surface area contributed by atoms with Crippen LogP contribution in [0.25, 0.3) is 0 Å². The fourth-order valence-electron chi connectivity index (χ4n) is 1.41. The van der Waals surface area contributed by atoms with E-state index in [-0.39, 0.29) is 3.58 Å². The molecule has 0 fully saturated rings. The van der Waals surface area contributed by atoms with E-state index in [0.717, 1.165) is 16.4 Å². The summed E-state index contributed by atoms with van der Waals surface area (Å²) >= 11 is -1.03. The second-order valence-corrected chi connectivity index (χ2v) is 6.80. The molecule has 0 radical (unpaired) electrons. The molecule has 0 N–H and O–H groups in total. The molecule has 1 aromatic rings. The summed E-state index contributed by atoms with van der Waals surface area (Å²) in [6.07, 6.45) is 2.00. The molecule has 116 valence electrons. The van der Waals surface area contributed by atoms with Crippen LogP contribution in [0.1, 0.15) is 19.8 Å². The van der Waals surface area contributed by atoms with Crippen molar-refractivity contribution in [1.82, 2.24) is 0 Å². The lowest BCUT2D eigenvalue weighted by Gasteiger charge is -2.08. The molecule has 0 unspecified atom stereocenters. The van der Waals surface area contributed by atoms with Crippen LogP contribution in [0.5, 0.6) is 5.75 Å². The zero-order valence-electron chi connectivity index (χ0n) is 12.3. The van der Waals surface area contributed by atoms with E-state index in [1.54, 1.807) is 0 Å². The van der Waals surface area contributed by atoms with Gasteiger partial charge in [0.15, 0.2) is 5.75 Å². The largest absolute Gasteiger partial charge is 0.613 e. The predicted octanol–water partition coefficient (Wildman–Crippen LogP) is -1.53. The standard InChI is InChI=1S/C15H19IO5/c1-4-5-10-21-12-9-7-6-8-11(12)16-13(14(17)19-2)15(18)20-3/h6-9H,4-5,10H2,1-3H3. The molecular weight excluding hydrogens is 387 g/mol. The summed E-state index contributed by atoms with van der Waals surface area (Å²) < 4.78 is 15.9. The molecule has 1 aromatic carbocycles. The first-order valence-electron chi connectivity index (χ1n) is 6.54. The third kappa shape index (κ3) is 5.45. The van der Waals surface area contributed by atoms with Crippen molar-refractivity contribution in [2.24, 2.45) is 0 Å². The predicted molar refractivity (Wildman–Crippen MR) is 71.6 cm³/mol. The summed E-state index contributed by atoms with van der Waals surface area (Å²) in [5.74, 6) is -0.569. The number of hydrogen-bond donors (Lipinski definition) is 0. The Morgan fingerprint density at radius 1 is 1.24 bits per heavy atom. The first kappa shape index (κ1) is 17.6. The van der Waals surface area contributed by atoms with Gasteiger partial charge in [-0.25, -0.2) is 4.79 Å². The van der Waals surface area contributed by atoms with E-state index in [1.165, 1.54) is 14.2 Å². The summed E-state index contributed by atoms with van der Waals surface area (Å²) in [6, 6.07) is 7.43. The third-order valence-electron chi connectivity index (χ3n) is 2.52. The number of benzene rings is 1. The van der Waals surface area contributed by atoms with E-state index < -0.39 is 33.1 Å². The van der Waals surface area contributed by atoms with Crippen molar-refractivity contribution in [3.05, 3.63) is 37.4 Å². The average molecular weight is 406 g/mol. The van der Waals surface area contributed by atoms with Crippen molar-refractivity contribution >= 4 is 5.97 Å². The molecule has 0 heterocycles. The van der Waals surface area contributed by atoms with Crippen molar-refractivity contribution < 1.29 is 45.3 Å². The Balaban J connectivity index is 2.96. The van der Waals surface area contributed by atoms with E-state index in [1.807, 2.05) is 24.3 Å². The maximum absolute atomic E-state index is 11.7. The normalized spacial score (nSPS) is 11.6. The minimum atomic E-state index is -1.03. The highest BCUT2D eigenvalue weighted by molar-refractivity contribution is 5.85. The molecule has 0 saturated carbocycles. The van der Waals surface area contributed by atoms with Crippen molar-refractivity contribution in [2.75, 3.05) is 20.8 Å². The van der Waals surface area contributed by atoms with Crippen molar-refractivity contribution in [3.8, 4) is 5.75 Å². The number of carbonyl (C=O) groups excluding carboxylic acids is 1. The Morgan fingerprint density at radius 2 is 1.95 bits per heavy atom. The fraction of sp³-hybridized carbons (Fsp3) is 0.400. The van der Waals surface area contributed by atoms with Gasteiger partial charge in [-0.3, -0.25) is 0 Å². The molecule has 0 aromatic heterocycles. The monoisotopic (exact) mass is 406 g/mol. The Labute approximate surface area is 135 Å². The minimum Gasteiger partial charge on any atom is -0.613 e. The van der Waals surface area contributed by atoms with Crippen LogP contribution in [-0.4, -0.2) is 26.8 Å². The van der Waals surface area contributed by atoms with E-state index in [9.17, 15) is 9.90 Å². The van der Waals surface area contributed by atoms with E-state index in [2.05, 4.69) is 16.4 Å². The number of unbranched alkanes of at least 4 members (excludes halogenated alkanes) is 1. The van der Waals surface area contributed by atoms with Gasteiger partial charge < -0.3 is 19.3 Å². The SMILES string of the molecule is CCCCOc1ccccc1[I+]/C(C(=O)OC)=C(/[O-])OC. The fourth-order valence-corrected chi connectivity index (χ4v) is 3.86. The number of rotatable bonds is 8. The molecule has 5 nitrogen and oxygen atoms in total. The summed E-state index contributed by atoms with van der Waals surface area (Å²) in [5, 5.41) is 11.7. The van der Waals surface area contributed by atoms with Crippen LogP contribution >= 0.6 is 0 Å². The van der Waals surface area contributed by atoms with Gasteiger partial charge in [0, 0.05) is 0 Å².